The van der Waals surface area contributed by atoms with E-state index in [4.69, 9.17) is 0 Å². The van der Waals surface area contributed by atoms with Crippen molar-refractivity contribution in [1.82, 2.24) is 4.90 Å². The van der Waals surface area contributed by atoms with Crippen LogP contribution in [0.5, 0.6) is 0 Å². The zero-order valence-corrected chi connectivity index (χ0v) is 13.5. The van der Waals surface area contributed by atoms with Crippen LogP contribution in [-0.2, 0) is 6.54 Å². The molecule has 0 N–H and O–H groups in total. The Morgan fingerprint density at radius 1 is 1.04 bits per heavy atom. The molecule has 130 valence electrons. The Kier molecular flexibility index (Phi) is 4.00. The van der Waals surface area contributed by atoms with Gasteiger partial charge in [0.15, 0.2) is 11.6 Å². The topological polar surface area (TPSA) is 46.4 Å². The Balaban J connectivity index is 1.69. The second kappa shape index (κ2) is 6.19. The minimum Gasteiger partial charge on any atom is -0.286 e. The summed E-state index contributed by atoms with van der Waals surface area (Å²) in [7, 11) is 0. The fourth-order valence-corrected chi connectivity index (χ4v) is 4.58. The second-order valence-electron chi connectivity index (χ2n) is 6.85. The number of rotatable bonds is 4. The van der Waals surface area contributed by atoms with Crippen molar-refractivity contribution in [3.05, 3.63) is 81.4 Å². The third kappa shape index (κ3) is 2.70. The van der Waals surface area contributed by atoms with E-state index in [1.807, 2.05) is 30.3 Å². The van der Waals surface area contributed by atoms with Gasteiger partial charge >= 0.3 is 0 Å². The van der Waals surface area contributed by atoms with Crippen LogP contribution in [0.3, 0.4) is 0 Å². The highest BCUT2D eigenvalue weighted by molar-refractivity contribution is 5.30. The van der Waals surface area contributed by atoms with Crippen LogP contribution in [-0.4, -0.2) is 27.9 Å². The van der Waals surface area contributed by atoms with E-state index in [-0.39, 0.29) is 17.0 Å². The summed E-state index contributed by atoms with van der Waals surface area (Å²) in [5, 5.41) is 11.7. The lowest BCUT2D eigenvalue weighted by Gasteiger charge is -2.24. The third-order valence-electron chi connectivity index (χ3n) is 5.57. The standard InChI is InChI=1S/C19H18F2N2O2/c20-14-7-6-13(10-15(14)21)18-16-8-9-17(19(18)23(24)25)22(16)11-12-4-2-1-3-5-12/h1-7,10,16-19H,8-9,11H2/t16-,17+,18+,19+/m0/s1. The molecule has 2 aliphatic rings. The molecular weight excluding hydrogens is 326 g/mol. The second-order valence-corrected chi connectivity index (χ2v) is 6.85. The summed E-state index contributed by atoms with van der Waals surface area (Å²) in [6, 6.07) is 12.5. The Morgan fingerprint density at radius 2 is 1.76 bits per heavy atom. The molecule has 2 fully saturated rings. The van der Waals surface area contributed by atoms with Gasteiger partial charge in [-0.3, -0.25) is 15.0 Å². The van der Waals surface area contributed by atoms with Crippen LogP contribution < -0.4 is 0 Å². The summed E-state index contributed by atoms with van der Waals surface area (Å²) in [6.45, 7) is 0.640. The van der Waals surface area contributed by atoms with E-state index in [1.165, 1.54) is 6.07 Å². The first-order valence-electron chi connectivity index (χ1n) is 8.44. The molecule has 0 aliphatic carbocycles. The average molecular weight is 344 g/mol. The first-order chi connectivity index (χ1) is 12.1. The molecule has 2 aromatic carbocycles. The van der Waals surface area contributed by atoms with Crippen molar-refractivity contribution in [2.75, 3.05) is 0 Å². The van der Waals surface area contributed by atoms with Crippen molar-refractivity contribution in [2.45, 2.75) is 43.4 Å². The fraction of sp³-hybridized carbons (Fsp3) is 0.368. The van der Waals surface area contributed by atoms with E-state index in [0.717, 1.165) is 30.5 Å². The predicted molar refractivity (Wildman–Crippen MR) is 88.7 cm³/mol. The van der Waals surface area contributed by atoms with Crippen molar-refractivity contribution in [1.29, 1.82) is 0 Å². The van der Waals surface area contributed by atoms with Crippen LogP contribution in [0, 0.1) is 21.7 Å². The summed E-state index contributed by atoms with van der Waals surface area (Å²) >= 11 is 0. The number of hydrogen-bond donors (Lipinski definition) is 0. The molecule has 4 atom stereocenters. The van der Waals surface area contributed by atoms with Crippen molar-refractivity contribution < 1.29 is 13.7 Å². The molecule has 2 bridgehead atoms. The van der Waals surface area contributed by atoms with Gasteiger partial charge in [0.2, 0.25) is 6.04 Å². The van der Waals surface area contributed by atoms with Gasteiger partial charge in [0.05, 0.1) is 12.0 Å². The van der Waals surface area contributed by atoms with Gasteiger partial charge < -0.3 is 0 Å². The number of nitrogens with zero attached hydrogens (tertiary/aromatic N) is 2. The van der Waals surface area contributed by atoms with Gasteiger partial charge in [-0.2, -0.15) is 0 Å². The number of hydrogen-bond acceptors (Lipinski definition) is 3. The summed E-state index contributed by atoms with van der Waals surface area (Å²) in [5.41, 5.74) is 1.62. The average Bonchev–Trinajstić information content (AvgIpc) is 3.13. The van der Waals surface area contributed by atoms with Crippen molar-refractivity contribution in [3.8, 4) is 0 Å². The van der Waals surface area contributed by atoms with Crippen molar-refractivity contribution in [3.63, 3.8) is 0 Å². The Morgan fingerprint density at radius 3 is 2.44 bits per heavy atom. The van der Waals surface area contributed by atoms with Gasteiger partial charge in [-0.25, -0.2) is 8.78 Å². The smallest absolute Gasteiger partial charge is 0.236 e. The van der Waals surface area contributed by atoms with Gasteiger partial charge in [-0.15, -0.1) is 0 Å². The molecule has 4 nitrogen and oxygen atoms in total. The number of fused-ring (bicyclic) bond motifs is 2. The highest BCUT2D eigenvalue weighted by atomic mass is 19.2. The number of benzene rings is 2. The lowest BCUT2D eigenvalue weighted by molar-refractivity contribution is -0.529. The molecule has 0 spiro atoms. The highest BCUT2D eigenvalue weighted by Gasteiger charge is 2.59. The van der Waals surface area contributed by atoms with Gasteiger partial charge in [0.1, 0.15) is 0 Å². The zero-order chi connectivity index (χ0) is 17.6. The number of nitro groups is 1. The molecule has 2 heterocycles. The van der Waals surface area contributed by atoms with E-state index >= 15 is 0 Å². The zero-order valence-electron chi connectivity index (χ0n) is 13.5. The molecule has 0 unspecified atom stereocenters. The molecule has 2 aliphatic heterocycles. The maximum absolute atomic E-state index is 13.7. The van der Waals surface area contributed by atoms with Gasteiger partial charge in [0.25, 0.3) is 0 Å². The van der Waals surface area contributed by atoms with Gasteiger partial charge in [-0.1, -0.05) is 36.4 Å². The normalized spacial score (nSPS) is 28.4. The van der Waals surface area contributed by atoms with Crippen LogP contribution in [0.25, 0.3) is 0 Å². The summed E-state index contributed by atoms with van der Waals surface area (Å²) in [5.74, 6) is -2.28. The molecule has 2 saturated heterocycles. The molecule has 0 saturated carbocycles. The Bertz CT molecular complexity index is 799. The third-order valence-corrected chi connectivity index (χ3v) is 5.57. The predicted octanol–water partition coefficient (Wildman–Crippen LogP) is 3.74. The van der Waals surface area contributed by atoms with Gasteiger partial charge in [-0.05, 0) is 36.1 Å². The number of halogens is 2. The molecule has 2 aromatic rings. The molecule has 0 aromatic heterocycles. The summed E-state index contributed by atoms with van der Waals surface area (Å²) in [4.78, 5) is 13.7. The van der Waals surface area contributed by atoms with E-state index < -0.39 is 23.6 Å². The summed E-state index contributed by atoms with van der Waals surface area (Å²) < 4.78 is 27.0. The maximum atomic E-state index is 13.7. The maximum Gasteiger partial charge on any atom is 0.236 e. The van der Waals surface area contributed by atoms with Crippen LogP contribution in [0.1, 0.15) is 29.9 Å². The van der Waals surface area contributed by atoms with E-state index in [2.05, 4.69) is 4.90 Å². The minimum absolute atomic E-state index is 0.0227. The molecule has 25 heavy (non-hydrogen) atoms. The minimum atomic E-state index is -0.947. The van der Waals surface area contributed by atoms with Crippen molar-refractivity contribution in [2.24, 2.45) is 0 Å². The Hall–Kier alpha value is -2.34. The van der Waals surface area contributed by atoms with Crippen LogP contribution >= 0.6 is 0 Å². The lowest BCUT2D eigenvalue weighted by Crippen LogP contribution is -2.38. The van der Waals surface area contributed by atoms with Crippen LogP contribution in [0.2, 0.25) is 0 Å². The van der Waals surface area contributed by atoms with E-state index in [9.17, 15) is 18.9 Å². The molecular formula is C19H18F2N2O2. The first kappa shape index (κ1) is 16.1. The molecule has 0 radical (unpaired) electrons. The summed E-state index contributed by atoms with van der Waals surface area (Å²) in [6.07, 6.45) is 1.61. The van der Waals surface area contributed by atoms with E-state index in [1.54, 1.807) is 0 Å². The monoisotopic (exact) mass is 344 g/mol. The Labute approximate surface area is 144 Å². The quantitative estimate of drug-likeness (QED) is 0.627. The molecule has 4 rings (SSSR count). The van der Waals surface area contributed by atoms with E-state index in [0.29, 0.717) is 12.1 Å². The fourth-order valence-electron chi connectivity index (χ4n) is 4.58. The molecule has 0 amide bonds. The van der Waals surface area contributed by atoms with Crippen LogP contribution in [0.15, 0.2) is 48.5 Å². The van der Waals surface area contributed by atoms with Crippen molar-refractivity contribution >= 4 is 0 Å². The first-order valence-corrected chi connectivity index (χ1v) is 8.44. The molecule has 6 heteroatoms. The van der Waals surface area contributed by atoms with Crippen LogP contribution in [0.4, 0.5) is 8.78 Å². The highest BCUT2D eigenvalue weighted by Crippen LogP contribution is 2.48. The largest absolute Gasteiger partial charge is 0.286 e. The lowest BCUT2D eigenvalue weighted by atomic mass is 9.80. The SMILES string of the molecule is O=[N+]([O-])[C@H]1[C@H](c2ccc(F)c(F)c2)[C@@H]2CC[C@H]1N2Cc1ccccc1. The van der Waals surface area contributed by atoms with Gasteiger partial charge in [0, 0.05) is 17.5 Å².